The highest BCUT2D eigenvalue weighted by Crippen LogP contribution is 2.37. The molecule has 21 heavy (non-hydrogen) atoms. The van der Waals surface area contributed by atoms with E-state index in [-0.39, 0.29) is 6.04 Å². The highest BCUT2D eigenvalue weighted by Gasteiger charge is 2.25. The van der Waals surface area contributed by atoms with Crippen molar-refractivity contribution in [2.45, 2.75) is 45.6 Å². The summed E-state index contributed by atoms with van der Waals surface area (Å²) in [4.78, 5) is 2.48. The molecule has 118 valence electrons. The highest BCUT2D eigenvalue weighted by molar-refractivity contribution is 6.30. The average molecular weight is 311 g/mol. The monoisotopic (exact) mass is 310 g/mol. The predicted molar refractivity (Wildman–Crippen MR) is 89.2 cm³/mol. The van der Waals surface area contributed by atoms with Crippen LogP contribution in [0.25, 0.3) is 0 Å². The molecule has 1 saturated heterocycles. The maximum Gasteiger partial charge on any atom is 0.123 e. The standard InChI is InChI=1S/C17H27ClN2O/c1-3-4-5-6-16(20-9-7-19-8-10-20)15-12-14(18)11-13(2)17(15)21/h11-12,16,19,21H,3-10H2,1-2H3/t16-/m0/s1. The molecule has 0 spiro atoms. The minimum atomic E-state index is 0.274. The molecule has 2 rings (SSSR count). The van der Waals surface area contributed by atoms with E-state index >= 15 is 0 Å². The third kappa shape index (κ3) is 4.35. The van der Waals surface area contributed by atoms with E-state index in [0.29, 0.717) is 5.75 Å². The van der Waals surface area contributed by atoms with E-state index in [1.165, 1.54) is 19.3 Å². The number of phenolic OH excluding ortho intramolecular Hbond substituents is 1. The molecule has 0 saturated carbocycles. The van der Waals surface area contributed by atoms with Gasteiger partial charge in [-0.2, -0.15) is 0 Å². The van der Waals surface area contributed by atoms with E-state index in [1.54, 1.807) is 0 Å². The Balaban J connectivity index is 2.24. The first-order valence-corrected chi connectivity index (χ1v) is 8.45. The van der Waals surface area contributed by atoms with Crippen LogP contribution in [0.1, 0.15) is 49.8 Å². The van der Waals surface area contributed by atoms with Gasteiger partial charge in [0.05, 0.1) is 0 Å². The largest absolute Gasteiger partial charge is 0.507 e. The Hall–Kier alpha value is -0.770. The van der Waals surface area contributed by atoms with Crippen LogP contribution in [0.2, 0.25) is 5.02 Å². The van der Waals surface area contributed by atoms with Crippen molar-refractivity contribution in [1.82, 2.24) is 10.2 Å². The zero-order chi connectivity index (χ0) is 15.2. The zero-order valence-electron chi connectivity index (χ0n) is 13.2. The summed E-state index contributed by atoms with van der Waals surface area (Å²) in [7, 11) is 0. The summed E-state index contributed by atoms with van der Waals surface area (Å²) < 4.78 is 0. The predicted octanol–water partition coefficient (Wildman–Crippen LogP) is 3.88. The number of aromatic hydroxyl groups is 1. The van der Waals surface area contributed by atoms with E-state index in [0.717, 1.165) is 48.7 Å². The maximum atomic E-state index is 10.5. The van der Waals surface area contributed by atoms with Crippen molar-refractivity contribution in [3.05, 3.63) is 28.3 Å². The van der Waals surface area contributed by atoms with Gasteiger partial charge in [0.2, 0.25) is 0 Å². The van der Waals surface area contributed by atoms with Crippen molar-refractivity contribution >= 4 is 11.6 Å². The van der Waals surface area contributed by atoms with Crippen LogP contribution in [-0.4, -0.2) is 36.2 Å². The molecule has 0 amide bonds. The summed E-state index contributed by atoms with van der Waals surface area (Å²) in [6.45, 7) is 8.24. The Bertz CT molecular complexity index is 458. The lowest BCUT2D eigenvalue weighted by Crippen LogP contribution is -2.45. The lowest BCUT2D eigenvalue weighted by atomic mass is 9.95. The molecular weight excluding hydrogens is 284 g/mol. The second-order valence-electron chi connectivity index (χ2n) is 5.96. The van der Waals surface area contributed by atoms with Gasteiger partial charge in [0.15, 0.2) is 0 Å². The number of phenols is 1. The third-order valence-corrected chi connectivity index (χ3v) is 4.55. The number of hydrogen-bond donors (Lipinski definition) is 2. The Morgan fingerprint density at radius 1 is 1.29 bits per heavy atom. The number of rotatable bonds is 6. The molecule has 0 bridgehead atoms. The molecule has 0 aliphatic carbocycles. The van der Waals surface area contributed by atoms with E-state index in [1.807, 2.05) is 19.1 Å². The lowest BCUT2D eigenvalue weighted by molar-refractivity contribution is 0.160. The summed E-state index contributed by atoms with van der Waals surface area (Å²) in [5.41, 5.74) is 1.87. The van der Waals surface area contributed by atoms with Crippen molar-refractivity contribution in [3.8, 4) is 5.75 Å². The number of unbranched alkanes of at least 4 members (excludes halogenated alkanes) is 2. The van der Waals surface area contributed by atoms with Gasteiger partial charge in [0.25, 0.3) is 0 Å². The summed E-state index contributed by atoms with van der Waals surface area (Å²) in [6, 6.07) is 4.06. The van der Waals surface area contributed by atoms with Crippen molar-refractivity contribution in [2.24, 2.45) is 0 Å². The lowest BCUT2D eigenvalue weighted by Gasteiger charge is -2.36. The third-order valence-electron chi connectivity index (χ3n) is 4.33. The minimum Gasteiger partial charge on any atom is -0.507 e. The fourth-order valence-electron chi connectivity index (χ4n) is 3.13. The summed E-state index contributed by atoms with van der Waals surface area (Å²) >= 11 is 6.22. The van der Waals surface area contributed by atoms with E-state index in [9.17, 15) is 5.11 Å². The molecule has 1 aliphatic rings. The van der Waals surface area contributed by atoms with Gasteiger partial charge in [0, 0.05) is 42.8 Å². The first-order valence-electron chi connectivity index (χ1n) is 8.07. The minimum absolute atomic E-state index is 0.274. The molecule has 3 nitrogen and oxygen atoms in total. The maximum absolute atomic E-state index is 10.5. The average Bonchev–Trinajstić information content (AvgIpc) is 2.49. The zero-order valence-corrected chi connectivity index (χ0v) is 13.9. The van der Waals surface area contributed by atoms with Crippen LogP contribution >= 0.6 is 11.6 Å². The molecule has 0 unspecified atom stereocenters. The normalized spacial score (nSPS) is 17.9. The molecule has 1 aromatic carbocycles. The molecule has 1 heterocycles. The molecule has 1 aromatic rings. The van der Waals surface area contributed by atoms with Gasteiger partial charge in [-0.1, -0.05) is 37.8 Å². The first-order chi connectivity index (χ1) is 10.1. The summed E-state index contributed by atoms with van der Waals surface area (Å²) in [5, 5.41) is 14.6. The van der Waals surface area contributed by atoms with Gasteiger partial charge >= 0.3 is 0 Å². The quantitative estimate of drug-likeness (QED) is 0.783. The van der Waals surface area contributed by atoms with Crippen LogP contribution in [-0.2, 0) is 0 Å². The van der Waals surface area contributed by atoms with E-state index in [4.69, 9.17) is 11.6 Å². The van der Waals surface area contributed by atoms with Gasteiger partial charge in [-0.3, -0.25) is 4.90 Å². The first kappa shape index (κ1) is 16.6. The van der Waals surface area contributed by atoms with Crippen LogP contribution in [0, 0.1) is 6.92 Å². The van der Waals surface area contributed by atoms with Crippen LogP contribution < -0.4 is 5.32 Å². The Kier molecular flexibility index (Phi) is 6.34. The van der Waals surface area contributed by atoms with Crippen molar-refractivity contribution < 1.29 is 5.11 Å². The van der Waals surface area contributed by atoms with Crippen LogP contribution in [0.15, 0.2) is 12.1 Å². The van der Waals surface area contributed by atoms with Gasteiger partial charge in [-0.15, -0.1) is 0 Å². The van der Waals surface area contributed by atoms with Crippen LogP contribution in [0.4, 0.5) is 0 Å². The van der Waals surface area contributed by atoms with Crippen molar-refractivity contribution in [1.29, 1.82) is 0 Å². The molecule has 1 aliphatic heterocycles. The fourth-order valence-corrected chi connectivity index (χ4v) is 3.41. The fraction of sp³-hybridized carbons (Fsp3) is 0.647. The van der Waals surface area contributed by atoms with Gasteiger partial charge in [-0.05, 0) is 31.0 Å². The number of halogens is 1. The molecule has 2 N–H and O–H groups in total. The highest BCUT2D eigenvalue weighted by atomic mass is 35.5. The van der Waals surface area contributed by atoms with Gasteiger partial charge < -0.3 is 10.4 Å². The second-order valence-corrected chi connectivity index (χ2v) is 6.39. The molecule has 1 atom stereocenters. The summed E-state index contributed by atoms with van der Waals surface area (Å²) in [5.74, 6) is 0.416. The summed E-state index contributed by atoms with van der Waals surface area (Å²) in [6.07, 6.45) is 4.73. The molecular formula is C17H27ClN2O. The van der Waals surface area contributed by atoms with Gasteiger partial charge in [-0.25, -0.2) is 0 Å². The van der Waals surface area contributed by atoms with Gasteiger partial charge in [0.1, 0.15) is 5.75 Å². The van der Waals surface area contributed by atoms with E-state index < -0.39 is 0 Å². The Labute approximate surface area is 133 Å². The topological polar surface area (TPSA) is 35.5 Å². The molecule has 0 radical (unpaired) electrons. The smallest absolute Gasteiger partial charge is 0.123 e. The Morgan fingerprint density at radius 3 is 2.67 bits per heavy atom. The number of piperazine rings is 1. The van der Waals surface area contributed by atoms with Crippen molar-refractivity contribution in [3.63, 3.8) is 0 Å². The number of nitrogens with zero attached hydrogens (tertiary/aromatic N) is 1. The molecule has 1 fully saturated rings. The van der Waals surface area contributed by atoms with Crippen LogP contribution in [0.5, 0.6) is 5.75 Å². The SMILES string of the molecule is CCCCC[C@@H](c1cc(Cl)cc(C)c1O)N1CCNCC1. The number of aryl methyl sites for hydroxylation is 1. The number of nitrogens with one attached hydrogen (secondary N) is 1. The second kappa shape index (κ2) is 8.02. The number of hydrogen-bond acceptors (Lipinski definition) is 3. The van der Waals surface area contributed by atoms with E-state index in [2.05, 4.69) is 17.1 Å². The molecule has 4 heteroatoms. The molecule has 0 aromatic heterocycles. The van der Waals surface area contributed by atoms with Crippen molar-refractivity contribution in [2.75, 3.05) is 26.2 Å². The number of benzene rings is 1. The Morgan fingerprint density at radius 2 is 2.00 bits per heavy atom. The van der Waals surface area contributed by atoms with Crippen LogP contribution in [0.3, 0.4) is 0 Å².